The maximum absolute atomic E-state index is 9.25. The van der Waals surface area contributed by atoms with Crippen molar-refractivity contribution < 1.29 is 0 Å². The fourth-order valence-corrected chi connectivity index (χ4v) is 2.07. The molecule has 0 spiro atoms. The summed E-state index contributed by atoms with van der Waals surface area (Å²) in [6, 6.07) is 19.3. The molecule has 94 valence electrons. The van der Waals surface area contributed by atoms with Gasteiger partial charge in [-0.3, -0.25) is 9.97 Å². The maximum atomic E-state index is 9.25. The van der Waals surface area contributed by atoms with Gasteiger partial charge in [0.1, 0.15) is 0 Å². The van der Waals surface area contributed by atoms with Crippen molar-refractivity contribution in [3.8, 4) is 28.6 Å². The zero-order chi connectivity index (χ0) is 13.8. The summed E-state index contributed by atoms with van der Waals surface area (Å²) >= 11 is 0. The highest BCUT2D eigenvalue weighted by Gasteiger charge is 2.08. The Hall–Kier alpha value is -2.99. The molecular formula is C17H11N3. The summed E-state index contributed by atoms with van der Waals surface area (Å²) in [5.41, 5.74) is 4.10. The molecule has 0 saturated heterocycles. The SMILES string of the molecule is N#Cc1ccc(-c2ccccn2)cc1-c1ccccn1. The van der Waals surface area contributed by atoms with Gasteiger partial charge in [0.05, 0.1) is 23.0 Å². The molecule has 3 nitrogen and oxygen atoms in total. The molecule has 0 atom stereocenters. The molecule has 0 saturated carbocycles. The van der Waals surface area contributed by atoms with Gasteiger partial charge in [0.15, 0.2) is 0 Å². The molecule has 0 aliphatic heterocycles. The molecule has 20 heavy (non-hydrogen) atoms. The van der Waals surface area contributed by atoms with Crippen molar-refractivity contribution in [1.82, 2.24) is 9.97 Å². The number of nitriles is 1. The van der Waals surface area contributed by atoms with E-state index in [2.05, 4.69) is 16.0 Å². The third kappa shape index (κ3) is 2.27. The van der Waals surface area contributed by atoms with E-state index in [4.69, 9.17) is 0 Å². The first-order valence-corrected chi connectivity index (χ1v) is 6.25. The minimum absolute atomic E-state index is 0.614. The Balaban J connectivity index is 2.16. The van der Waals surface area contributed by atoms with Crippen LogP contribution in [0.4, 0.5) is 0 Å². The number of rotatable bonds is 2. The number of hydrogen-bond donors (Lipinski definition) is 0. The van der Waals surface area contributed by atoms with Gasteiger partial charge in [0, 0.05) is 23.5 Å². The van der Waals surface area contributed by atoms with E-state index in [9.17, 15) is 5.26 Å². The molecule has 0 aliphatic carbocycles. The van der Waals surface area contributed by atoms with Gasteiger partial charge in [-0.25, -0.2) is 0 Å². The van der Waals surface area contributed by atoms with Crippen LogP contribution >= 0.6 is 0 Å². The molecule has 0 N–H and O–H groups in total. The van der Waals surface area contributed by atoms with Crippen LogP contribution in [-0.2, 0) is 0 Å². The van der Waals surface area contributed by atoms with E-state index in [0.29, 0.717) is 5.56 Å². The third-order valence-corrected chi connectivity index (χ3v) is 3.04. The highest BCUT2D eigenvalue weighted by atomic mass is 14.7. The summed E-state index contributed by atoms with van der Waals surface area (Å²) in [6.07, 6.45) is 3.48. The average molecular weight is 257 g/mol. The summed E-state index contributed by atoms with van der Waals surface area (Å²) in [5.74, 6) is 0. The molecule has 3 aromatic rings. The van der Waals surface area contributed by atoms with Crippen molar-refractivity contribution in [1.29, 1.82) is 5.26 Å². The van der Waals surface area contributed by atoms with Crippen LogP contribution in [0, 0.1) is 11.3 Å². The predicted molar refractivity (Wildman–Crippen MR) is 77.6 cm³/mol. The Kier molecular flexibility index (Phi) is 3.22. The van der Waals surface area contributed by atoms with Crippen LogP contribution in [0.1, 0.15) is 5.56 Å². The third-order valence-electron chi connectivity index (χ3n) is 3.04. The number of benzene rings is 1. The fourth-order valence-electron chi connectivity index (χ4n) is 2.07. The number of aromatic nitrogens is 2. The van der Waals surface area contributed by atoms with Gasteiger partial charge < -0.3 is 0 Å². The van der Waals surface area contributed by atoms with Gasteiger partial charge in [-0.15, -0.1) is 0 Å². The lowest BCUT2D eigenvalue weighted by Gasteiger charge is -2.06. The Morgan fingerprint density at radius 3 is 2.10 bits per heavy atom. The van der Waals surface area contributed by atoms with Gasteiger partial charge >= 0.3 is 0 Å². The number of nitrogens with zero attached hydrogens (tertiary/aromatic N) is 3. The second-order valence-electron chi connectivity index (χ2n) is 4.30. The Morgan fingerprint density at radius 1 is 0.800 bits per heavy atom. The van der Waals surface area contributed by atoms with Crippen LogP contribution in [-0.4, -0.2) is 9.97 Å². The molecule has 3 rings (SSSR count). The van der Waals surface area contributed by atoms with Crippen LogP contribution in [0.2, 0.25) is 0 Å². The van der Waals surface area contributed by atoms with E-state index in [1.807, 2.05) is 54.6 Å². The van der Waals surface area contributed by atoms with Crippen LogP contribution in [0.3, 0.4) is 0 Å². The standard InChI is InChI=1S/C17H11N3/c18-12-14-8-7-13(16-5-1-3-9-19-16)11-15(14)17-6-2-4-10-20-17/h1-11H. The lowest BCUT2D eigenvalue weighted by atomic mass is 10.00. The van der Waals surface area contributed by atoms with E-state index in [0.717, 1.165) is 22.5 Å². The minimum Gasteiger partial charge on any atom is -0.256 e. The second kappa shape index (κ2) is 5.33. The summed E-state index contributed by atoms with van der Waals surface area (Å²) < 4.78 is 0. The quantitative estimate of drug-likeness (QED) is 0.703. The van der Waals surface area contributed by atoms with Crippen LogP contribution in [0.25, 0.3) is 22.5 Å². The Labute approximate surface area is 117 Å². The normalized spacial score (nSPS) is 9.95. The van der Waals surface area contributed by atoms with Crippen molar-refractivity contribution >= 4 is 0 Å². The molecule has 0 radical (unpaired) electrons. The topological polar surface area (TPSA) is 49.6 Å². The molecule has 2 heterocycles. The molecule has 1 aromatic carbocycles. The molecule has 0 fully saturated rings. The minimum atomic E-state index is 0.614. The van der Waals surface area contributed by atoms with Crippen molar-refractivity contribution in [2.24, 2.45) is 0 Å². The summed E-state index contributed by atoms with van der Waals surface area (Å²) in [6.45, 7) is 0. The van der Waals surface area contributed by atoms with Crippen molar-refractivity contribution in [2.45, 2.75) is 0 Å². The monoisotopic (exact) mass is 257 g/mol. The second-order valence-corrected chi connectivity index (χ2v) is 4.30. The molecule has 0 aliphatic rings. The summed E-state index contributed by atoms with van der Waals surface area (Å²) in [7, 11) is 0. The van der Waals surface area contributed by atoms with E-state index < -0.39 is 0 Å². The van der Waals surface area contributed by atoms with E-state index in [1.165, 1.54) is 0 Å². The fraction of sp³-hybridized carbons (Fsp3) is 0. The summed E-state index contributed by atoms with van der Waals surface area (Å²) in [5, 5.41) is 9.25. The highest BCUT2D eigenvalue weighted by molar-refractivity contribution is 5.74. The van der Waals surface area contributed by atoms with Crippen LogP contribution < -0.4 is 0 Å². The smallest absolute Gasteiger partial charge is 0.0998 e. The van der Waals surface area contributed by atoms with E-state index in [1.54, 1.807) is 12.4 Å². The van der Waals surface area contributed by atoms with Gasteiger partial charge in [-0.2, -0.15) is 5.26 Å². The van der Waals surface area contributed by atoms with Crippen LogP contribution in [0.15, 0.2) is 67.0 Å². The van der Waals surface area contributed by atoms with Gasteiger partial charge in [0.2, 0.25) is 0 Å². The first-order valence-electron chi connectivity index (χ1n) is 6.25. The van der Waals surface area contributed by atoms with Gasteiger partial charge in [0.25, 0.3) is 0 Å². The van der Waals surface area contributed by atoms with Crippen molar-refractivity contribution in [3.63, 3.8) is 0 Å². The molecular weight excluding hydrogens is 246 g/mol. The molecule has 0 amide bonds. The molecule has 3 heteroatoms. The average Bonchev–Trinajstić information content (AvgIpc) is 2.56. The lowest BCUT2D eigenvalue weighted by Crippen LogP contribution is -1.90. The predicted octanol–water partition coefficient (Wildman–Crippen LogP) is 3.68. The maximum Gasteiger partial charge on any atom is 0.0998 e. The summed E-state index contributed by atoms with van der Waals surface area (Å²) in [4.78, 5) is 8.66. The van der Waals surface area contributed by atoms with Crippen molar-refractivity contribution in [2.75, 3.05) is 0 Å². The Bertz CT molecular complexity index is 759. The van der Waals surface area contributed by atoms with Gasteiger partial charge in [-0.1, -0.05) is 18.2 Å². The van der Waals surface area contributed by atoms with Gasteiger partial charge in [-0.05, 0) is 36.4 Å². The molecule has 2 aromatic heterocycles. The molecule has 0 bridgehead atoms. The first-order chi connectivity index (χ1) is 9.88. The number of pyridine rings is 2. The van der Waals surface area contributed by atoms with E-state index >= 15 is 0 Å². The zero-order valence-corrected chi connectivity index (χ0v) is 10.7. The van der Waals surface area contributed by atoms with Crippen molar-refractivity contribution in [3.05, 3.63) is 72.6 Å². The number of hydrogen-bond acceptors (Lipinski definition) is 3. The first kappa shape index (κ1) is 12.1. The van der Waals surface area contributed by atoms with Crippen LogP contribution in [0.5, 0.6) is 0 Å². The zero-order valence-electron chi connectivity index (χ0n) is 10.7. The largest absolute Gasteiger partial charge is 0.256 e. The lowest BCUT2D eigenvalue weighted by molar-refractivity contribution is 1.30. The highest BCUT2D eigenvalue weighted by Crippen LogP contribution is 2.27. The Morgan fingerprint density at radius 2 is 1.50 bits per heavy atom. The molecule has 0 unspecified atom stereocenters. The van der Waals surface area contributed by atoms with E-state index in [-0.39, 0.29) is 0 Å².